The summed E-state index contributed by atoms with van der Waals surface area (Å²) in [5.41, 5.74) is 0. The van der Waals surface area contributed by atoms with E-state index in [4.69, 9.17) is 4.74 Å². The molecule has 2 amide bonds. The third-order valence-electron chi connectivity index (χ3n) is 3.65. The summed E-state index contributed by atoms with van der Waals surface area (Å²) in [4.78, 5) is 25.8. The van der Waals surface area contributed by atoms with E-state index in [1.54, 1.807) is 0 Å². The molecule has 2 rings (SSSR count). The molecule has 0 aliphatic carbocycles. The van der Waals surface area contributed by atoms with E-state index in [2.05, 4.69) is 10.2 Å². The molecule has 0 saturated carbocycles. The average Bonchev–Trinajstić information content (AvgIpc) is 2.82. The molecule has 1 unspecified atom stereocenters. The second-order valence-electron chi connectivity index (χ2n) is 5.25. The molecule has 1 N–H and O–H groups in total. The van der Waals surface area contributed by atoms with Crippen molar-refractivity contribution in [1.29, 1.82) is 0 Å². The first-order valence-electron chi connectivity index (χ1n) is 6.99. The van der Waals surface area contributed by atoms with Crippen molar-refractivity contribution in [2.45, 2.75) is 18.9 Å². The Morgan fingerprint density at radius 2 is 2.05 bits per heavy atom. The van der Waals surface area contributed by atoms with Crippen molar-refractivity contribution in [3.63, 3.8) is 0 Å². The lowest BCUT2D eigenvalue weighted by Gasteiger charge is -2.27. The lowest BCUT2D eigenvalue weighted by molar-refractivity contribution is -0.130. The van der Waals surface area contributed by atoms with Crippen LogP contribution in [-0.2, 0) is 24.3 Å². The Balaban J connectivity index is 1.83. The van der Waals surface area contributed by atoms with Gasteiger partial charge in [-0.3, -0.25) is 14.5 Å². The molecule has 2 fully saturated rings. The summed E-state index contributed by atoms with van der Waals surface area (Å²) in [6.45, 7) is 4.15. The van der Waals surface area contributed by atoms with Gasteiger partial charge < -0.3 is 10.1 Å². The average molecular weight is 319 g/mol. The fourth-order valence-corrected chi connectivity index (χ4v) is 3.72. The van der Waals surface area contributed by atoms with Crippen LogP contribution in [0.4, 0.5) is 0 Å². The number of hydrogen-bond donors (Lipinski definition) is 1. The summed E-state index contributed by atoms with van der Waals surface area (Å²) in [6, 6.07) is -0.905. The quantitative estimate of drug-likeness (QED) is 0.655. The van der Waals surface area contributed by atoms with Crippen LogP contribution in [0.3, 0.4) is 0 Å². The fourth-order valence-electron chi connectivity index (χ4n) is 2.59. The Labute approximate surface area is 124 Å². The number of carbonyl (C=O) groups is 2. The van der Waals surface area contributed by atoms with E-state index in [9.17, 15) is 18.0 Å². The van der Waals surface area contributed by atoms with Gasteiger partial charge in [-0.15, -0.1) is 0 Å². The van der Waals surface area contributed by atoms with Gasteiger partial charge in [0.25, 0.3) is 0 Å². The minimum absolute atomic E-state index is 0.0919. The van der Waals surface area contributed by atoms with Gasteiger partial charge in [0.05, 0.1) is 19.5 Å². The van der Waals surface area contributed by atoms with E-state index in [0.29, 0.717) is 30.6 Å². The number of hydrogen-bond acceptors (Lipinski definition) is 6. The van der Waals surface area contributed by atoms with Gasteiger partial charge in [-0.05, 0) is 6.42 Å². The first-order valence-corrected chi connectivity index (χ1v) is 8.84. The predicted molar refractivity (Wildman–Crippen MR) is 75.0 cm³/mol. The zero-order valence-corrected chi connectivity index (χ0v) is 12.9. The highest BCUT2D eigenvalue weighted by Crippen LogP contribution is 2.21. The lowest BCUT2D eigenvalue weighted by Crippen LogP contribution is -2.49. The van der Waals surface area contributed by atoms with Crippen LogP contribution in [0.25, 0.3) is 0 Å². The monoisotopic (exact) mass is 319 g/mol. The normalized spacial score (nSPS) is 24.3. The van der Waals surface area contributed by atoms with Crippen molar-refractivity contribution in [1.82, 2.24) is 14.5 Å². The smallest absolute Gasteiger partial charge is 0.244 e. The summed E-state index contributed by atoms with van der Waals surface area (Å²) in [6.07, 6.45) is 1.29. The van der Waals surface area contributed by atoms with Crippen LogP contribution in [0.1, 0.15) is 12.8 Å². The Morgan fingerprint density at radius 1 is 1.38 bits per heavy atom. The maximum absolute atomic E-state index is 12.1. The molecule has 120 valence electrons. The van der Waals surface area contributed by atoms with Crippen molar-refractivity contribution < 1.29 is 22.7 Å². The second kappa shape index (κ2) is 6.71. The van der Waals surface area contributed by atoms with Crippen LogP contribution in [0, 0.1) is 0 Å². The van der Waals surface area contributed by atoms with E-state index in [1.807, 2.05) is 0 Å². The minimum Gasteiger partial charge on any atom is -0.379 e. The number of ether oxygens (including phenoxy) is 1. The molecule has 9 heteroatoms. The highest BCUT2D eigenvalue weighted by Gasteiger charge is 2.41. The van der Waals surface area contributed by atoms with Crippen molar-refractivity contribution >= 4 is 21.8 Å². The predicted octanol–water partition coefficient (Wildman–Crippen LogP) is -1.61. The number of carbonyl (C=O) groups excluding carboxylic acids is 2. The number of nitrogens with zero attached hydrogens (tertiary/aromatic N) is 2. The Kier molecular flexibility index (Phi) is 5.17. The van der Waals surface area contributed by atoms with E-state index in [1.165, 1.54) is 0 Å². The van der Waals surface area contributed by atoms with Crippen LogP contribution >= 0.6 is 0 Å². The number of morpholine rings is 1. The molecule has 2 saturated heterocycles. The maximum atomic E-state index is 12.1. The van der Waals surface area contributed by atoms with E-state index < -0.39 is 27.9 Å². The molecule has 1 atom stereocenters. The third kappa shape index (κ3) is 4.14. The van der Waals surface area contributed by atoms with Gasteiger partial charge in [0.15, 0.2) is 0 Å². The zero-order valence-electron chi connectivity index (χ0n) is 12.1. The molecule has 0 aromatic rings. The van der Waals surface area contributed by atoms with Gasteiger partial charge in [0.1, 0.15) is 6.04 Å². The minimum atomic E-state index is -3.70. The van der Waals surface area contributed by atoms with Gasteiger partial charge in [-0.2, -0.15) is 0 Å². The molecular formula is C12H21N3O5S. The second-order valence-corrected chi connectivity index (χ2v) is 7.11. The Morgan fingerprint density at radius 3 is 2.67 bits per heavy atom. The van der Waals surface area contributed by atoms with Crippen LogP contribution < -0.4 is 5.32 Å². The molecule has 8 nitrogen and oxygen atoms in total. The molecule has 2 heterocycles. The van der Waals surface area contributed by atoms with E-state index in [-0.39, 0.29) is 12.8 Å². The van der Waals surface area contributed by atoms with Gasteiger partial charge in [0, 0.05) is 32.6 Å². The topological polar surface area (TPSA) is 96.0 Å². The first kappa shape index (κ1) is 16.2. The summed E-state index contributed by atoms with van der Waals surface area (Å²) in [5, 5.41) is 2.71. The van der Waals surface area contributed by atoms with Crippen LogP contribution in [0.2, 0.25) is 0 Å². The molecule has 0 radical (unpaired) electrons. The summed E-state index contributed by atoms with van der Waals surface area (Å²) in [5.74, 6) is -0.912. The zero-order chi connectivity index (χ0) is 15.5. The number of rotatable bonds is 5. The number of sulfonamides is 1. The van der Waals surface area contributed by atoms with Gasteiger partial charge >= 0.3 is 0 Å². The SMILES string of the molecule is CS(=O)(=O)N1C(=O)CCC1C(=O)NCCN1CCOCC1. The van der Waals surface area contributed by atoms with Crippen molar-refractivity contribution in [2.75, 3.05) is 45.6 Å². The Hall–Kier alpha value is -1.19. The standard InChI is InChI=1S/C12H21N3O5S/c1-21(18,19)15-10(2-3-11(15)16)12(17)13-4-5-14-6-8-20-9-7-14/h10H,2-9H2,1H3,(H,13,17). The fraction of sp³-hybridized carbons (Fsp3) is 0.833. The molecule has 0 aromatic carbocycles. The largest absolute Gasteiger partial charge is 0.379 e. The number of nitrogens with one attached hydrogen (secondary N) is 1. The van der Waals surface area contributed by atoms with Crippen LogP contribution in [-0.4, -0.2) is 81.1 Å². The maximum Gasteiger partial charge on any atom is 0.244 e. The van der Waals surface area contributed by atoms with Gasteiger partial charge in [-0.1, -0.05) is 0 Å². The molecule has 0 aromatic heterocycles. The molecule has 21 heavy (non-hydrogen) atoms. The third-order valence-corrected chi connectivity index (χ3v) is 4.82. The summed E-state index contributed by atoms with van der Waals surface area (Å²) < 4.78 is 29.1. The Bertz CT molecular complexity index is 501. The van der Waals surface area contributed by atoms with Crippen molar-refractivity contribution in [3.05, 3.63) is 0 Å². The molecular weight excluding hydrogens is 298 g/mol. The van der Waals surface area contributed by atoms with E-state index >= 15 is 0 Å². The lowest BCUT2D eigenvalue weighted by atomic mass is 10.2. The first-order chi connectivity index (χ1) is 9.89. The highest BCUT2D eigenvalue weighted by molar-refractivity contribution is 7.89. The summed E-state index contributed by atoms with van der Waals surface area (Å²) >= 11 is 0. The van der Waals surface area contributed by atoms with Crippen LogP contribution in [0.5, 0.6) is 0 Å². The number of amides is 2. The molecule has 0 spiro atoms. The molecule has 2 aliphatic heterocycles. The van der Waals surface area contributed by atoms with Crippen LogP contribution in [0.15, 0.2) is 0 Å². The van der Waals surface area contributed by atoms with Gasteiger partial charge in [-0.25, -0.2) is 12.7 Å². The highest BCUT2D eigenvalue weighted by atomic mass is 32.2. The molecule has 2 aliphatic rings. The molecule has 0 bridgehead atoms. The van der Waals surface area contributed by atoms with Gasteiger partial charge in [0.2, 0.25) is 21.8 Å². The van der Waals surface area contributed by atoms with E-state index in [0.717, 1.165) is 19.3 Å². The van der Waals surface area contributed by atoms with Crippen molar-refractivity contribution in [3.8, 4) is 0 Å². The summed E-state index contributed by atoms with van der Waals surface area (Å²) in [7, 11) is -3.70. The van der Waals surface area contributed by atoms with Crippen molar-refractivity contribution in [2.24, 2.45) is 0 Å².